The van der Waals surface area contributed by atoms with Gasteiger partial charge in [-0.3, -0.25) is 0 Å². The molecule has 0 aliphatic carbocycles. The van der Waals surface area contributed by atoms with Gasteiger partial charge in [0.05, 0.1) is 0 Å². The van der Waals surface area contributed by atoms with E-state index in [4.69, 9.17) is 0 Å². The molecule has 1 aromatic carbocycles. The molecule has 0 aliphatic rings. The third-order valence-corrected chi connectivity index (χ3v) is 1.44. The number of halogens is 5. The van der Waals surface area contributed by atoms with Crippen LogP contribution in [0, 0.1) is 11.6 Å². The second-order valence-electron chi connectivity index (χ2n) is 2.32. The molecule has 0 unspecified atom stereocenters. The summed E-state index contributed by atoms with van der Waals surface area (Å²) in [6, 6.07) is 1.51. The van der Waals surface area contributed by atoms with E-state index >= 15 is 0 Å². The first-order valence-electron chi connectivity index (χ1n) is 3.67. The molecule has 0 aromatic heterocycles. The van der Waals surface area contributed by atoms with E-state index in [0.717, 1.165) is 12.1 Å². The summed E-state index contributed by atoms with van der Waals surface area (Å²) in [4.78, 5) is 0. The molecule has 2 nitrogen and oxygen atoms in total. The van der Waals surface area contributed by atoms with Gasteiger partial charge in [0.25, 0.3) is 0 Å². The Morgan fingerprint density at radius 1 is 1.07 bits per heavy atom. The van der Waals surface area contributed by atoms with Gasteiger partial charge in [-0.2, -0.15) is 17.6 Å². The van der Waals surface area contributed by atoms with Crippen molar-refractivity contribution < 1.29 is 31.4 Å². The molecule has 0 N–H and O–H groups in total. The van der Waals surface area contributed by atoms with Gasteiger partial charge in [0, 0.05) is 0 Å². The number of rotatable bonds is 4. The molecule has 0 radical (unpaired) electrons. The molecule has 0 spiro atoms. The van der Waals surface area contributed by atoms with Gasteiger partial charge in [-0.15, -0.1) is 0 Å². The van der Waals surface area contributed by atoms with Gasteiger partial charge in [0.2, 0.25) is 18.5 Å². The molecule has 0 saturated heterocycles. The maximum atomic E-state index is 12.9. The van der Waals surface area contributed by atoms with Gasteiger partial charge in [-0.25, -0.2) is 4.39 Å². The SMILES string of the molecule is FCOc1ccc(OC(F)F)c(F)c1F. The lowest BCUT2D eigenvalue weighted by Gasteiger charge is -2.08. The van der Waals surface area contributed by atoms with Gasteiger partial charge in [-0.05, 0) is 12.1 Å². The average molecular weight is 228 g/mol. The summed E-state index contributed by atoms with van der Waals surface area (Å²) in [5.41, 5.74) is 0. The van der Waals surface area contributed by atoms with Crippen molar-refractivity contribution in [2.24, 2.45) is 0 Å². The zero-order valence-corrected chi connectivity index (χ0v) is 7.15. The molecular weight excluding hydrogens is 223 g/mol. The first-order valence-corrected chi connectivity index (χ1v) is 3.67. The van der Waals surface area contributed by atoms with Crippen molar-refractivity contribution in [2.75, 3.05) is 6.86 Å². The van der Waals surface area contributed by atoms with Crippen LogP contribution >= 0.6 is 0 Å². The van der Waals surface area contributed by atoms with Crippen LogP contribution in [0.3, 0.4) is 0 Å². The fraction of sp³-hybridized carbons (Fsp3) is 0.250. The van der Waals surface area contributed by atoms with Crippen molar-refractivity contribution in [1.29, 1.82) is 0 Å². The highest BCUT2D eigenvalue weighted by molar-refractivity contribution is 5.34. The molecule has 0 amide bonds. The predicted octanol–water partition coefficient (Wildman–Crippen LogP) is 2.87. The van der Waals surface area contributed by atoms with Crippen LogP contribution in [0.15, 0.2) is 12.1 Å². The van der Waals surface area contributed by atoms with E-state index in [2.05, 4.69) is 9.47 Å². The van der Waals surface area contributed by atoms with E-state index in [1.54, 1.807) is 0 Å². The molecule has 0 fully saturated rings. The Labute approximate surface area is 81.2 Å². The van der Waals surface area contributed by atoms with E-state index in [0.29, 0.717) is 0 Å². The van der Waals surface area contributed by atoms with Crippen LogP contribution in [0.5, 0.6) is 11.5 Å². The highest BCUT2D eigenvalue weighted by atomic mass is 19.3. The fourth-order valence-corrected chi connectivity index (χ4v) is 0.871. The van der Waals surface area contributed by atoms with E-state index in [1.807, 2.05) is 0 Å². The Balaban J connectivity index is 2.98. The van der Waals surface area contributed by atoms with Crippen LogP contribution in [0.1, 0.15) is 0 Å². The van der Waals surface area contributed by atoms with Crippen molar-refractivity contribution >= 4 is 0 Å². The van der Waals surface area contributed by atoms with E-state index in [1.165, 1.54) is 0 Å². The minimum absolute atomic E-state index is 0.711. The third kappa shape index (κ3) is 2.71. The van der Waals surface area contributed by atoms with Crippen LogP contribution in [-0.4, -0.2) is 13.5 Å². The predicted molar refractivity (Wildman–Crippen MR) is 39.6 cm³/mol. The molecular formula is C8H5F5O2. The van der Waals surface area contributed by atoms with Gasteiger partial charge in [0.15, 0.2) is 11.5 Å². The molecule has 15 heavy (non-hydrogen) atoms. The number of benzene rings is 1. The smallest absolute Gasteiger partial charge is 0.387 e. The quantitative estimate of drug-likeness (QED) is 0.737. The minimum Gasteiger partial charge on any atom is -0.460 e. The summed E-state index contributed by atoms with van der Waals surface area (Å²) in [6.07, 6.45) is 0. The Kier molecular flexibility index (Phi) is 3.70. The number of alkyl halides is 3. The topological polar surface area (TPSA) is 18.5 Å². The monoisotopic (exact) mass is 228 g/mol. The molecule has 0 atom stereocenters. The Morgan fingerprint density at radius 2 is 1.60 bits per heavy atom. The normalized spacial score (nSPS) is 10.5. The van der Waals surface area contributed by atoms with Crippen LogP contribution in [0.25, 0.3) is 0 Å². The lowest BCUT2D eigenvalue weighted by atomic mass is 10.3. The van der Waals surface area contributed by atoms with Crippen molar-refractivity contribution in [3.05, 3.63) is 23.8 Å². The van der Waals surface area contributed by atoms with Gasteiger partial charge in [-0.1, -0.05) is 0 Å². The first kappa shape index (κ1) is 11.5. The van der Waals surface area contributed by atoms with E-state index in [-0.39, 0.29) is 0 Å². The maximum Gasteiger partial charge on any atom is 0.387 e. The largest absolute Gasteiger partial charge is 0.460 e. The molecule has 0 saturated carbocycles. The highest BCUT2D eigenvalue weighted by Gasteiger charge is 2.17. The van der Waals surface area contributed by atoms with E-state index < -0.39 is 36.6 Å². The molecule has 1 aromatic rings. The highest BCUT2D eigenvalue weighted by Crippen LogP contribution is 2.28. The maximum absolute atomic E-state index is 12.9. The summed E-state index contributed by atoms with van der Waals surface area (Å²) in [5, 5.41) is 0. The molecule has 7 heteroatoms. The molecule has 84 valence electrons. The number of ether oxygens (including phenoxy) is 2. The summed E-state index contributed by atoms with van der Waals surface area (Å²) in [5.74, 6) is -4.91. The van der Waals surface area contributed by atoms with Crippen LogP contribution < -0.4 is 9.47 Å². The molecule has 0 bridgehead atoms. The number of hydrogen-bond donors (Lipinski definition) is 0. The second-order valence-corrected chi connectivity index (χ2v) is 2.32. The lowest BCUT2D eigenvalue weighted by Crippen LogP contribution is -2.05. The minimum atomic E-state index is -3.27. The summed E-state index contributed by atoms with van der Waals surface area (Å²) in [6.45, 7) is -4.63. The van der Waals surface area contributed by atoms with Crippen molar-refractivity contribution in [1.82, 2.24) is 0 Å². The summed E-state index contributed by atoms with van der Waals surface area (Å²) < 4.78 is 68.5. The van der Waals surface area contributed by atoms with Crippen molar-refractivity contribution in [2.45, 2.75) is 6.61 Å². The van der Waals surface area contributed by atoms with Crippen LogP contribution in [0.4, 0.5) is 22.0 Å². The second kappa shape index (κ2) is 4.81. The zero-order valence-electron chi connectivity index (χ0n) is 7.15. The average Bonchev–Trinajstić information content (AvgIpc) is 2.17. The van der Waals surface area contributed by atoms with E-state index in [9.17, 15) is 22.0 Å². The molecule has 0 aliphatic heterocycles. The Morgan fingerprint density at radius 3 is 2.13 bits per heavy atom. The Bertz CT molecular complexity index is 342. The van der Waals surface area contributed by atoms with Crippen molar-refractivity contribution in [3.63, 3.8) is 0 Å². The standard InChI is InChI=1S/C8H5F5O2/c9-3-14-4-1-2-5(15-8(12)13)7(11)6(4)10/h1-2,8H,3H2. The third-order valence-electron chi connectivity index (χ3n) is 1.44. The molecule has 0 heterocycles. The first-order chi connectivity index (χ1) is 7.06. The van der Waals surface area contributed by atoms with Gasteiger partial charge < -0.3 is 9.47 Å². The Hall–Kier alpha value is -1.53. The fourth-order valence-electron chi connectivity index (χ4n) is 0.871. The van der Waals surface area contributed by atoms with Crippen molar-refractivity contribution in [3.8, 4) is 11.5 Å². The van der Waals surface area contributed by atoms with Gasteiger partial charge in [0.1, 0.15) is 0 Å². The van der Waals surface area contributed by atoms with Crippen LogP contribution in [-0.2, 0) is 0 Å². The summed E-state index contributed by atoms with van der Waals surface area (Å²) >= 11 is 0. The number of hydrogen-bond acceptors (Lipinski definition) is 2. The van der Waals surface area contributed by atoms with Gasteiger partial charge >= 0.3 is 6.61 Å². The van der Waals surface area contributed by atoms with Crippen LogP contribution in [0.2, 0.25) is 0 Å². The zero-order chi connectivity index (χ0) is 11.4. The summed E-state index contributed by atoms with van der Waals surface area (Å²) in [7, 11) is 0. The molecule has 1 rings (SSSR count). The lowest BCUT2D eigenvalue weighted by molar-refractivity contribution is -0.0526.